The summed E-state index contributed by atoms with van der Waals surface area (Å²) in [4.78, 5) is 25.2. The topological polar surface area (TPSA) is 55.8 Å². The van der Waals surface area contributed by atoms with E-state index >= 15 is 0 Å². The van der Waals surface area contributed by atoms with E-state index in [1.54, 1.807) is 6.92 Å². The van der Waals surface area contributed by atoms with Crippen molar-refractivity contribution in [2.75, 3.05) is 19.8 Å². The molecular formula is C16H23NO4. The Hall–Kier alpha value is -2.04. The molecule has 0 aromatic heterocycles. The molecule has 0 aliphatic carbocycles. The standard InChI is InChI=1S/C16H23NO4/c1-4-20-16(19)12-17(13(2)3)15(18)10-11-21-14-8-6-5-7-9-14/h5-9,13H,4,10-12H2,1-3H3. The first-order valence-corrected chi connectivity index (χ1v) is 7.17. The molecule has 0 radical (unpaired) electrons. The number of nitrogens with zero attached hydrogens (tertiary/aromatic N) is 1. The number of carbonyl (C=O) groups is 2. The average molecular weight is 293 g/mol. The van der Waals surface area contributed by atoms with Crippen LogP contribution in [0.3, 0.4) is 0 Å². The zero-order valence-corrected chi connectivity index (χ0v) is 12.9. The molecule has 0 saturated carbocycles. The Labute approximate surface area is 125 Å². The molecule has 0 heterocycles. The fourth-order valence-corrected chi connectivity index (χ4v) is 1.82. The van der Waals surface area contributed by atoms with Gasteiger partial charge < -0.3 is 14.4 Å². The predicted molar refractivity (Wildman–Crippen MR) is 80.0 cm³/mol. The van der Waals surface area contributed by atoms with Crippen molar-refractivity contribution in [3.05, 3.63) is 30.3 Å². The molecule has 21 heavy (non-hydrogen) atoms. The van der Waals surface area contributed by atoms with Crippen molar-refractivity contribution in [1.82, 2.24) is 4.90 Å². The third-order valence-electron chi connectivity index (χ3n) is 2.88. The van der Waals surface area contributed by atoms with Gasteiger partial charge in [0.05, 0.1) is 19.6 Å². The Kier molecular flexibility index (Phi) is 7.29. The van der Waals surface area contributed by atoms with Gasteiger partial charge in [-0.05, 0) is 32.9 Å². The summed E-state index contributed by atoms with van der Waals surface area (Å²) < 4.78 is 10.4. The smallest absolute Gasteiger partial charge is 0.325 e. The van der Waals surface area contributed by atoms with Crippen LogP contribution >= 0.6 is 0 Å². The number of benzene rings is 1. The van der Waals surface area contributed by atoms with E-state index in [-0.39, 0.29) is 37.5 Å². The fourth-order valence-electron chi connectivity index (χ4n) is 1.82. The molecule has 0 unspecified atom stereocenters. The monoisotopic (exact) mass is 293 g/mol. The van der Waals surface area contributed by atoms with Crippen LogP contribution in [-0.2, 0) is 14.3 Å². The Morgan fingerprint density at radius 1 is 1.19 bits per heavy atom. The summed E-state index contributed by atoms with van der Waals surface area (Å²) in [6.07, 6.45) is 0.229. The van der Waals surface area contributed by atoms with Crippen LogP contribution in [0.2, 0.25) is 0 Å². The number of para-hydroxylation sites is 1. The van der Waals surface area contributed by atoms with E-state index in [4.69, 9.17) is 9.47 Å². The van der Waals surface area contributed by atoms with Crippen LogP contribution in [0, 0.1) is 0 Å². The first-order chi connectivity index (χ1) is 10.0. The molecule has 1 aromatic carbocycles. The van der Waals surface area contributed by atoms with Gasteiger partial charge in [0.15, 0.2) is 0 Å². The highest BCUT2D eigenvalue weighted by molar-refractivity contribution is 5.82. The van der Waals surface area contributed by atoms with E-state index in [9.17, 15) is 9.59 Å². The summed E-state index contributed by atoms with van der Waals surface area (Å²) in [7, 11) is 0. The number of ether oxygens (including phenoxy) is 2. The minimum Gasteiger partial charge on any atom is -0.493 e. The molecule has 0 aliphatic rings. The van der Waals surface area contributed by atoms with Crippen molar-refractivity contribution in [3.8, 4) is 5.75 Å². The maximum Gasteiger partial charge on any atom is 0.325 e. The molecule has 5 heteroatoms. The van der Waals surface area contributed by atoms with Crippen molar-refractivity contribution in [1.29, 1.82) is 0 Å². The normalized spacial score (nSPS) is 10.3. The van der Waals surface area contributed by atoms with Gasteiger partial charge in [-0.2, -0.15) is 0 Å². The molecular weight excluding hydrogens is 270 g/mol. The lowest BCUT2D eigenvalue weighted by Crippen LogP contribution is -2.41. The van der Waals surface area contributed by atoms with Gasteiger partial charge in [-0.15, -0.1) is 0 Å². The highest BCUT2D eigenvalue weighted by Crippen LogP contribution is 2.09. The maximum atomic E-state index is 12.2. The summed E-state index contributed by atoms with van der Waals surface area (Å²) in [6.45, 7) is 6.07. The third kappa shape index (κ3) is 6.29. The molecule has 0 fully saturated rings. The van der Waals surface area contributed by atoms with E-state index in [1.165, 1.54) is 4.90 Å². The van der Waals surface area contributed by atoms with E-state index < -0.39 is 0 Å². The van der Waals surface area contributed by atoms with Crippen molar-refractivity contribution in [3.63, 3.8) is 0 Å². The van der Waals surface area contributed by atoms with Crippen LogP contribution < -0.4 is 4.74 Å². The Bertz CT molecular complexity index is 445. The molecule has 0 saturated heterocycles. The minimum atomic E-state index is -0.386. The average Bonchev–Trinajstić information content (AvgIpc) is 2.45. The van der Waals surface area contributed by atoms with Gasteiger partial charge >= 0.3 is 5.97 Å². The summed E-state index contributed by atoms with van der Waals surface area (Å²) in [5, 5.41) is 0. The third-order valence-corrected chi connectivity index (χ3v) is 2.88. The summed E-state index contributed by atoms with van der Waals surface area (Å²) >= 11 is 0. The molecule has 0 aliphatic heterocycles. The van der Waals surface area contributed by atoms with Crippen molar-refractivity contribution >= 4 is 11.9 Å². The van der Waals surface area contributed by atoms with Crippen LogP contribution in [0.1, 0.15) is 27.2 Å². The van der Waals surface area contributed by atoms with Crippen LogP contribution in [0.25, 0.3) is 0 Å². The molecule has 0 spiro atoms. The molecule has 116 valence electrons. The van der Waals surface area contributed by atoms with Crippen molar-refractivity contribution in [2.45, 2.75) is 33.2 Å². The number of carbonyl (C=O) groups excluding carboxylic acids is 2. The van der Waals surface area contributed by atoms with Gasteiger partial charge in [-0.1, -0.05) is 18.2 Å². The summed E-state index contributed by atoms with van der Waals surface area (Å²) in [5.41, 5.74) is 0. The number of amides is 1. The largest absolute Gasteiger partial charge is 0.493 e. The van der Waals surface area contributed by atoms with E-state index in [1.807, 2.05) is 44.2 Å². The van der Waals surface area contributed by atoms with Crippen LogP contribution in [0.5, 0.6) is 5.75 Å². The second kappa shape index (κ2) is 9.00. The summed E-state index contributed by atoms with van der Waals surface area (Å²) in [5.74, 6) is 0.226. The number of esters is 1. The maximum absolute atomic E-state index is 12.2. The number of rotatable bonds is 8. The first-order valence-electron chi connectivity index (χ1n) is 7.17. The van der Waals surface area contributed by atoms with Crippen LogP contribution in [-0.4, -0.2) is 42.6 Å². The number of hydrogen-bond acceptors (Lipinski definition) is 4. The zero-order chi connectivity index (χ0) is 15.7. The van der Waals surface area contributed by atoms with Gasteiger partial charge in [0, 0.05) is 6.04 Å². The lowest BCUT2D eigenvalue weighted by molar-refractivity contribution is -0.150. The van der Waals surface area contributed by atoms with Gasteiger partial charge in [0.2, 0.25) is 5.91 Å². The molecule has 1 aromatic rings. The summed E-state index contributed by atoms with van der Waals surface area (Å²) in [6, 6.07) is 9.26. The Morgan fingerprint density at radius 3 is 2.43 bits per heavy atom. The van der Waals surface area contributed by atoms with E-state index in [2.05, 4.69) is 0 Å². The zero-order valence-electron chi connectivity index (χ0n) is 12.9. The highest BCUT2D eigenvalue weighted by atomic mass is 16.5. The SMILES string of the molecule is CCOC(=O)CN(C(=O)CCOc1ccccc1)C(C)C. The molecule has 0 atom stereocenters. The molecule has 0 N–H and O–H groups in total. The highest BCUT2D eigenvalue weighted by Gasteiger charge is 2.20. The molecule has 0 bridgehead atoms. The van der Waals surface area contributed by atoms with Gasteiger partial charge in [-0.3, -0.25) is 9.59 Å². The minimum absolute atomic E-state index is 0.0182. The first kappa shape index (κ1) is 17.0. The van der Waals surface area contributed by atoms with E-state index in [0.29, 0.717) is 6.61 Å². The van der Waals surface area contributed by atoms with Crippen molar-refractivity contribution in [2.24, 2.45) is 0 Å². The van der Waals surface area contributed by atoms with E-state index in [0.717, 1.165) is 5.75 Å². The fraction of sp³-hybridized carbons (Fsp3) is 0.500. The molecule has 5 nitrogen and oxygen atoms in total. The lowest BCUT2D eigenvalue weighted by atomic mass is 10.2. The second-order valence-electron chi connectivity index (χ2n) is 4.83. The van der Waals surface area contributed by atoms with Crippen LogP contribution in [0.4, 0.5) is 0 Å². The molecule has 1 rings (SSSR count). The lowest BCUT2D eigenvalue weighted by Gasteiger charge is -2.25. The Morgan fingerprint density at radius 2 is 1.86 bits per heavy atom. The van der Waals surface area contributed by atoms with Gasteiger partial charge in [0.1, 0.15) is 12.3 Å². The second-order valence-corrected chi connectivity index (χ2v) is 4.83. The molecule has 1 amide bonds. The van der Waals surface area contributed by atoms with Gasteiger partial charge in [-0.25, -0.2) is 0 Å². The Balaban J connectivity index is 2.44. The predicted octanol–water partition coefficient (Wildman–Crippen LogP) is 2.26. The van der Waals surface area contributed by atoms with Crippen LogP contribution in [0.15, 0.2) is 30.3 Å². The quantitative estimate of drug-likeness (QED) is 0.690. The number of hydrogen-bond donors (Lipinski definition) is 0. The van der Waals surface area contributed by atoms with Gasteiger partial charge in [0.25, 0.3) is 0 Å². The van der Waals surface area contributed by atoms with Crippen molar-refractivity contribution < 1.29 is 19.1 Å².